The standard InChI is InChI=1S/C18H27N3/c1-5-21(6-2)18-15(8-7-9-19)12-16-14(4)10-13(3)11-17(16)20-18/h10-12H,5-9,19H2,1-4H3. The lowest BCUT2D eigenvalue weighted by molar-refractivity contribution is 0.800. The molecule has 1 aromatic heterocycles. The SMILES string of the molecule is CCN(CC)c1nc2cc(C)cc(C)c2cc1CCCN. The Kier molecular flexibility index (Phi) is 5.18. The molecule has 0 fully saturated rings. The molecule has 0 radical (unpaired) electrons. The smallest absolute Gasteiger partial charge is 0.132 e. The van der Waals surface area contributed by atoms with Crippen LogP contribution in [-0.2, 0) is 6.42 Å². The third-order valence-corrected chi connectivity index (χ3v) is 4.05. The van der Waals surface area contributed by atoms with Gasteiger partial charge in [-0.25, -0.2) is 4.98 Å². The number of aryl methyl sites for hydroxylation is 3. The summed E-state index contributed by atoms with van der Waals surface area (Å²) in [5.74, 6) is 1.13. The summed E-state index contributed by atoms with van der Waals surface area (Å²) >= 11 is 0. The maximum absolute atomic E-state index is 5.70. The third kappa shape index (κ3) is 3.35. The number of nitrogens with zero attached hydrogens (tertiary/aromatic N) is 2. The van der Waals surface area contributed by atoms with Crippen molar-refractivity contribution >= 4 is 16.7 Å². The first-order valence-corrected chi connectivity index (χ1v) is 7.96. The highest BCUT2D eigenvalue weighted by molar-refractivity contribution is 5.85. The average Bonchev–Trinajstić information content (AvgIpc) is 2.46. The highest BCUT2D eigenvalue weighted by Gasteiger charge is 2.13. The minimum atomic E-state index is 0.725. The number of anilines is 1. The molecule has 0 saturated heterocycles. The third-order valence-electron chi connectivity index (χ3n) is 4.05. The van der Waals surface area contributed by atoms with Crippen molar-refractivity contribution < 1.29 is 0 Å². The Morgan fingerprint density at radius 2 is 1.81 bits per heavy atom. The summed E-state index contributed by atoms with van der Waals surface area (Å²) in [7, 11) is 0. The van der Waals surface area contributed by atoms with Gasteiger partial charge in [0.2, 0.25) is 0 Å². The molecule has 0 aliphatic heterocycles. The van der Waals surface area contributed by atoms with Crippen LogP contribution in [0.15, 0.2) is 18.2 Å². The van der Waals surface area contributed by atoms with Crippen molar-refractivity contribution in [2.24, 2.45) is 5.73 Å². The normalized spacial score (nSPS) is 11.1. The zero-order valence-electron chi connectivity index (χ0n) is 13.7. The lowest BCUT2D eigenvalue weighted by Gasteiger charge is -2.24. The Bertz CT molecular complexity index is 615. The Balaban J connectivity index is 2.62. The number of pyridine rings is 1. The van der Waals surface area contributed by atoms with E-state index in [0.29, 0.717) is 0 Å². The first-order chi connectivity index (χ1) is 10.1. The van der Waals surface area contributed by atoms with E-state index in [2.05, 4.69) is 50.8 Å². The van der Waals surface area contributed by atoms with Crippen molar-refractivity contribution in [2.75, 3.05) is 24.5 Å². The molecule has 114 valence electrons. The van der Waals surface area contributed by atoms with Crippen LogP contribution < -0.4 is 10.6 Å². The second-order valence-electron chi connectivity index (χ2n) is 5.68. The fourth-order valence-corrected chi connectivity index (χ4v) is 2.93. The van der Waals surface area contributed by atoms with Gasteiger partial charge in [-0.2, -0.15) is 0 Å². The number of fused-ring (bicyclic) bond motifs is 1. The van der Waals surface area contributed by atoms with Crippen molar-refractivity contribution in [3.63, 3.8) is 0 Å². The van der Waals surface area contributed by atoms with Gasteiger partial charge in [0.25, 0.3) is 0 Å². The molecule has 0 bridgehead atoms. The highest BCUT2D eigenvalue weighted by atomic mass is 15.2. The van der Waals surface area contributed by atoms with Gasteiger partial charge in [-0.15, -0.1) is 0 Å². The number of benzene rings is 1. The Hall–Kier alpha value is -1.61. The molecule has 0 spiro atoms. The van der Waals surface area contributed by atoms with Crippen molar-refractivity contribution in [3.05, 3.63) is 34.9 Å². The molecule has 0 aliphatic rings. The number of hydrogen-bond donors (Lipinski definition) is 1. The molecule has 0 saturated carbocycles. The van der Waals surface area contributed by atoms with Crippen LogP contribution in [0.2, 0.25) is 0 Å². The lowest BCUT2D eigenvalue weighted by Crippen LogP contribution is -2.24. The van der Waals surface area contributed by atoms with Gasteiger partial charge in [0, 0.05) is 18.5 Å². The summed E-state index contributed by atoms with van der Waals surface area (Å²) in [5.41, 5.74) is 10.7. The molecule has 21 heavy (non-hydrogen) atoms. The lowest BCUT2D eigenvalue weighted by atomic mass is 10.0. The van der Waals surface area contributed by atoms with Gasteiger partial charge >= 0.3 is 0 Å². The average molecular weight is 285 g/mol. The maximum atomic E-state index is 5.70. The van der Waals surface area contributed by atoms with Gasteiger partial charge in [0.1, 0.15) is 5.82 Å². The Morgan fingerprint density at radius 1 is 1.10 bits per heavy atom. The molecule has 0 atom stereocenters. The van der Waals surface area contributed by atoms with E-state index in [4.69, 9.17) is 10.7 Å². The van der Waals surface area contributed by atoms with E-state index in [1.807, 2.05) is 0 Å². The van der Waals surface area contributed by atoms with Crippen molar-refractivity contribution in [1.29, 1.82) is 0 Å². The minimum Gasteiger partial charge on any atom is -0.357 e. The van der Waals surface area contributed by atoms with Crippen molar-refractivity contribution in [2.45, 2.75) is 40.5 Å². The van der Waals surface area contributed by atoms with Crippen LogP contribution in [0.4, 0.5) is 5.82 Å². The second kappa shape index (κ2) is 6.90. The van der Waals surface area contributed by atoms with E-state index in [0.717, 1.165) is 43.8 Å². The van der Waals surface area contributed by atoms with E-state index in [1.165, 1.54) is 22.1 Å². The first kappa shape index (κ1) is 15.8. The number of rotatable bonds is 6. The fourth-order valence-electron chi connectivity index (χ4n) is 2.93. The summed E-state index contributed by atoms with van der Waals surface area (Å²) in [4.78, 5) is 7.31. The summed E-state index contributed by atoms with van der Waals surface area (Å²) in [6.45, 7) is 11.4. The zero-order chi connectivity index (χ0) is 15.4. The predicted octanol–water partition coefficient (Wildman–Crippen LogP) is 3.59. The summed E-state index contributed by atoms with van der Waals surface area (Å²) < 4.78 is 0. The Labute approximate surface area is 128 Å². The zero-order valence-corrected chi connectivity index (χ0v) is 13.7. The van der Waals surface area contributed by atoms with E-state index in [9.17, 15) is 0 Å². The van der Waals surface area contributed by atoms with Crippen LogP contribution in [0.5, 0.6) is 0 Å². The van der Waals surface area contributed by atoms with E-state index < -0.39 is 0 Å². The number of aromatic nitrogens is 1. The topological polar surface area (TPSA) is 42.2 Å². The molecule has 2 N–H and O–H groups in total. The molecule has 0 amide bonds. The molecule has 1 heterocycles. The van der Waals surface area contributed by atoms with Crippen molar-refractivity contribution in [3.8, 4) is 0 Å². The Morgan fingerprint density at radius 3 is 2.43 bits per heavy atom. The summed E-state index contributed by atoms with van der Waals surface area (Å²) in [5, 5.41) is 1.27. The van der Waals surface area contributed by atoms with Crippen LogP contribution in [0.25, 0.3) is 10.9 Å². The van der Waals surface area contributed by atoms with Gasteiger partial charge in [-0.1, -0.05) is 6.07 Å². The minimum absolute atomic E-state index is 0.725. The molecule has 1 aromatic carbocycles. The van der Waals surface area contributed by atoms with Crippen LogP contribution >= 0.6 is 0 Å². The van der Waals surface area contributed by atoms with Gasteiger partial charge in [-0.05, 0) is 75.9 Å². The first-order valence-electron chi connectivity index (χ1n) is 7.96. The van der Waals surface area contributed by atoms with Gasteiger partial charge < -0.3 is 10.6 Å². The molecule has 2 rings (SSSR count). The van der Waals surface area contributed by atoms with Gasteiger partial charge in [0.15, 0.2) is 0 Å². The van der Waals surface area contributed by atoms with Crippen LogP contribution in [-0.4, -0.2) is 24.6 Å². The summed E-state index contributed by atoms with van der Waals surface area (Å²) in [6, 6.07) is 6.73. The molecule has 0 aliphatic carbocycles. The largest absolute Gasteiger partial charge is 0.357 e. The molecule has 3 heteroatoms. The van der Waals surface area contributed by atoms with Crippen LogP contribution in [0, 0.1) is 13.8 Å². The number of hydrogen-bond acceptors (Lipinski definition) is 3. The van der Waals surface area contributed by atoms with Crippen molar-refractivity contribution in [1.82, 2.24) is 4.98 Å². The quantitative estimate of drug-likeness (QED) is 0.882. The monoisotopic (exact) mass is 285 g/mol. The number of nitrogens with two attached hydrogens (primary N) is 1. The highest BCUT2D eigenvalue weighted by Crippen LogP contribution is 2.27. The molecular weight excluding hydrogens is 258 g/mol. The summed E-state index contributed by atoms with van der Waals surface area (Å²) in [6.07, 6.45) is 2.00. The van der Waals surface area contributed by atoms with Crippen LogP contribution in [0.1, 0.15) is 37.0 Å². The van der Waals surface area contributed by atoms with E-state index in [-0.39, 0.29) is 0 Å². The van der Waals surface area contributed by atoms with Crippen LogP contribution in [0.3, 0.4) is 0 Å². The molecule has 3 nitrogen and oxygen atoms in total. The molecular formula is C18H27N3. The maximum Gasteiger partial charge on any atom is 0.132 e. The van der Waals surface area contributed by atoms with E-state index >= 15 is 0 Å². The van der Waals surface area contributed by atoms with Gasteiger partial charge in [0.05, 0.1) is 5.52 Å². The van der Waals surface area contributed by atoms with E-state index in [1.54, 1.807) is 0 Å². The molecule has 0 unspecified atom stereocenters. The fraction of sp³-hybridized carbons (Fsp3) is 0.500. The molecule has 2 aromatic rings. The second-order valence-corrected chi connectivity index (χ2v) is 5.68. The van der Waals surface area contributed by atoms with Gasteiger partial charge in [-0.3, -0.25) is 0 Å². The predicted molar refractivity (Wildman–Crippen MR) is 92.2 cm³/mol.